The van der Waals surface area contributed by atoms with E-state index in [1.165, 1.54) is 5.56 Å². The normalized spacial score (nSPS) is 19.8. The molecule has 1 fully saturated rings. The Bertz CT molecular complexity index is 701. The van der Waals surface area contributed by atoms with Crippen LogP contribution in [0.5, 0.6) is 0 Å². The summed E-state index contributed by atoms with van der Waals surface area (Å²) >= 11 is 0. The number of likely N-dealkylation sites (tertiary alicyclic amines) is 1. The molecule has 1 aliphatic rings. The van der Waals surface area contributed by atoms with Crippen molar-refractivity contribution in [2.75, 3.05) is 19.6 Å². The number of nitrogens with two attached hydrogens (primary N) is 1. The summed E-state index contributed by atoms with van der Waals surface area (Å²) in [6, 6.07) is 10.4. The fraction of sp³-hybridized carbons (Fsp3) is 0.550. The van der Waals surface area contributed by atoms with Crippen LogP contribution in [0.2, 0.25) is 0 Å². The summed E-state index contributed by atoms with van der Waals surface area (Å²) < 4.78 is 5.23. The number of nitrogens with zero attached hydrogens (tertiary/aromatic N) is 3. The minimum Gasteiger partial charge on any atom is -0.342 e. The Kier molecular flexibility index (Phi) is 6.39. The fourth-order valence-electron chi connectivity index (χ4n) is 3.66. The third kappa shape index (κ3) is 4.49. The molecule has 2 aromatic rings. The number of carbonyl (C=O) groups excluding carboxylic acids is 1. The van der Waals surface area contributed by atoms with Crippen LogP contribution in [0.25, 0.3) is 0 Å². The van der Waals surface area contributed by atoms with E-state index in [0.29, 0.717) is 37.1 Å². The van der Waals surface area contributed by atoms with Gasteiger partial charge >= 0.3 is 0 Å². The van der Waals surface area contributed by atoms with Gasteiger partial charge in [-0.1, -0.05) is 42.4 Å². The highest BCUT2D eigenvalue weighted by Crippen LogP contribution is 2.32. The van der Waals surface area contributed by atoms with Crippen LogP contribution in [0.15, 0.2) is 34.9 Å². The maximum absolute atomic E-state index is 12.6. The van der Waals surface area contributed by atoms with Crippen molar-refractivity contribution < 1.29 is 9.32 Å². The summed E-state index contributed by atoms with van der Waals surface area (Å²) in [7, 11) is 0. The van der Waals surface area contributed by atoms with Gasteiger partial charge in [0.25, 0.3) is 0 Å². The molecule has 0 unspecified atom stereocenters. The minimum absolute atomic E-state index is 0.190. The van der Waals surface area contributed by atoms with E-state index in [9.17, 15) is 4.79 Å². The van der Waals surface area contributed by atoms with Crippen molar-refractivity contribution >= 4 is 5.91 Å². The van der Waals surface area contributed by atoms with E-state index in [1.54, 1.807) is 0 Å². The Hall–Kier alpha value is -2.21. The average molecular weight is 356 g/mol. The molecule has 2 N–H and O–H groups in total. The quantitative estimate of drug-likeness (QED) is 0.785. The molecule has 0 radical (unpaired) electrons. The van der Waals surface area contributed by atoms with Gasteiger partial charge in [0.1, 0.15) is 0 Å². The fourth-order valence-corrected chi connectivity index (χ4v) is 3.66. The number of benzene rings is 1. The predicted octanol–water partition coefficient (Wildman–Crippen LogP) is 2.55. The molecule has 6 nitrogen and oxygen atoms in total. The van der Waals surface area contributed by atoms with Crippen molar-refractivity contribution in [2.24, 2.45) is 11.7 Å². The highest BCUT2D eigenvalue weighted by molar-refractivity contribution is 5.76. The first kappa shape index (κ1) is 18.6. The van der Waals surface area contributed by atoms with Crippen LogP contribution in [-0.4, -0.2) is 40.6 Å². The van der Waals surface area contributed by atoms with Crippen LogP contribution in [0, 0.1) is 5.92 Å². The van der Waals surface area contributed by atoms with Crippen LogP contribution in [0.1, 0.15) is 49.4 Å². The number of amides is 1. The van der Waals surface area contributed by atoms with Gasteiger partial charge in [-0.2, -0.15) is 4.98 Å². The van der Waals surface area contributed by atoms with E-state index in [-0.39, 0.29) is 5.91 Å². The Morgan fingerprint density at radius 2 is 2.08 bits per heavy atom. The zero-order chi connectivity index (χ0) is 18.4. The number of aryl methyl sites for hydroxylation is 2. The molecule has 2 atom stereocenters. The summed E-state index contributed by atoms with van der Waals surface area (Å²) in [5.74, 6) is 2.23. The molecule has 0 aliphatic carbocycles. The van der Waals surface area contributed by atoms with Crippen molar-refractivity contribution in [1.82, 2.24) is 15.0 Å². The lowest BCUT2D eigenvalue weighted by Gasteiger charge is -2.16. The summed E-state index contributed by atoms with van der Waals surface area (Å²) in [5.41, 5.74) is 7.23. The molecular weight excluding hydrogens is 328 g/mol. The molecule has 1 amide bonds. The van der Waals surface area contributed by atoms with E-state index in [4.69, 9.17) is 10.3 Å². The first-order valence-electron chi connectivity index (χ1n) is 9.55. The van der Waals surface area contributed by atoms with E-state index >= 15 is 0 Å². The van der Waals surface area contributed by atoms with Crippen molar-refractivity contribution in [1.29, 1.82) is 0 Å². The second-order valence-corrected chi connectivity index (χ2v) is 7.02. The van der Waals surface area contributed by atoms with Crippen LogP contribution >= 0.6 is 0 Å². The zero-order valence-corrected chi connectivity index (χ0v) is 15.4. The molecule has 26 heavy (non-hydrogen) atoms. The van der Waals surface area contributed by atoms with Crippen LogP contribution in [-0.2, 0) is 17.6 Å². The van der Waals surface area contributed by atoms with Gasteiger partial charge in [0.05, 0.1) is 0 Å². The zero-order valence-electron chi connectivity index (χ0n) is 15.4. The van der Waals surface area contributed by atoms with Gasteiger partial charge in [-0.3, -0.25) is 4.79 Å². The number of hydrogen-bond donors (Lipinski definition) is 1. The molecule has 0 saturated carbocycles. The molecular formula is C20H28N4O2. The molecule has 2 heterocycles. The molecule has 3 rings (SSSR count). The molecule has 6 heteroatoms. The first-order valence-corrected chi connectivity index (χ1v) is 9.55. The van der Waals surface area contributed by atoms with Crippen molar-refractivity contribution in [3.8, 4) is 0 Å². The molecule has 1 saturated heterocycles. The summed E-state index contributed by atoms with van der Waals surface area (Å²) in [4.78, 5) is 18.9. The van der Waals surface area contributed by atoms with Crippen molar-refractivity contribution in [3.63, 3.8) is 0 Å². The summed E-state index contributed by atoms with van der Waals surface area (Å²) in [5, 5.41) is 3.95. The van der Waals surface area contributed by atoms with Crippen LogP contribution < -0.4 is 5.73 Å². The van der Waals surface area contributed by atoms with E-state index in [0.717, 1.165) is 38.2 Å². The molecule has 1 aromatic carbocycles. The van der Waals surface area contributed by atoms with Crippen LogP contribution in [0.4, 0.5) is 0 Å². The Morgan fingerprint density at radius 1 is 1.27 bits per heavy atom. The van der Waals surface area contributed by atoms with Gasteiger partial charge in [0.2, 0.25) is 11.8 Å². The molecule has 1 aliphatic heterocycles. The van der Waals surface area contributed by atoms with E-state index in [2.05, 4.69) is 29.2 Å². The van der Waals surface area contributed by atoms with Gasteiger partial charge in [0.15, 0.2) is 5.82 Å². The Balaban J connectivity index is 1.50. The lowest BCUT2D eigenvalue weighted by Crippen LogP contribution is -2.29. The highest BCUT2D eigenvalue weighted by atomic mass is 16.5. The van der Waals surface area contributed by atoms with Gasteiger partial charge in [-0.15, -0.1) is 0 Å². The molecule has 1 aromatic heterocycles. The lowest BCUT2D eigenvalue weighted by atomic mass is 9.89. The summed E-state index contributed by atoms with van der Waals surface area (Å²) in [6.45, 7) is 4.19. The van der Waals surface area contributed by atoms with Crippen LogP contribution in [0.3, 0.4) is 0 Å². The van der Waals surface area contributed by atoms with Gasteiger partial charge in [-0.25, -0.2) is 0 Å². The van der Waals surface area contributed by atoms with Crippen molar-refractivity contribution in [2.45, 2.75) is 44.9 Å². The standard InChI is InChI=1S/C20H28N4O2/c1-2-7-18-22-19(26-23-18)10-6-11-20(25)24-13-16(12-21)17(14-24)15-8-4-3-5-9-15/h3-5,8-9,16-17H,2,6-7,10-14,21H2,1H3/t16-,17+/m1/s1. The Morgan fingerprint density at radius 3 is 2.81 bits per heavy atom. The largest absolute Gasteiger partial charge is 0.342 e. The SMILES string of the molecule is CCCc1noc(CCCC(=O)N2C[C@@H](CN)[C@H](c3ccccc3)C2)n1. The third-order valence-corrected chi connectivity index (χ3v) is 5.09. The van der Waals surface area contributed by atoms with E-state index < -0.39 is 0 Å². The van der Waals surface area contributed by atoms with Gasteiger partial charge < -0.3 is 15.2 Å². The maximum Gasteiger partial charge on any atom is 0.226 e. The lowest BCUT2D eigenvalue weighted by molar-refractivity contribution is -0.130. The highest BCUT2D eigenvalue weighted by Gasteiger charge is 2.34. The smallest absolute Gasteiger partial charge is 0.226 e. The molecule has 0 spiro atoms. The number of hydrogen-bond acceptors (Lipinski definition) is 5. The monoisotopic (exact) mass is 356 g/mol. The predicted molar refractivity (Wildman–Crippen MR) is 99.5 cm³/mol. The number of carbonyl (C=O) groups is 1. The topological polar surface area (TPSA) is 85.2 Å². The number of rotatable bonds is 8. The van der Waals surface area contributed by atoms with Gasteiger partial charge in [-0.05, 0) is 30.9 Å². The maximum atomic E-state index is 12.6. The average Bonchev–Trinajstić information content (AvgIpc) is 3.29. The number of aromatic nitrogens is 2. The van der Waals surface area contributed by atoms with E-state index in [1.807, 2.05) is 23.1 Å². The second-order valence-electron chi connectivity index (χ2n) is 7.02. The second kappa shape index (κ2) is 8.94. The first-order chi connectivity index (χ1) is 12.7. The molecule has 140 valence electrons. The third-order valence-electron chi connectivity index (χ3n) is 5.09. The minimum atomic E-state index is 0.190. The summed E-state index contributed by atoms with van der Waals surface area (Å²) in [6.07, 6.45) is 3.71. The van der Waals surface area contributed by atoms with Crippen molar-refractivity contribution in [3.05, 3.63) is 47.6 Å². The Labute approximate surface area is 154 Å². The van der Waals surface area contributed by atoms with Gasteiger partial charge in [0, 0.05) is 38.3 Å². The molecule has 0 bridgehead atoms.